The molecule has 3 aromatic rings. The Hall–Kier alpha value is -2.68. The molecule has 1 aromatic heterocycles. The maximum absolute atomic E-state index is 12.1. The van der Waals surface area contributed by atoms with Crippen LogP contribution in [0.25, 0.3) is 22.4 Å². The Morgan fingerprint density at radius 2 is 1.48 bits per heavy atom. The molecule has 0 aliphatic carbocycles. The smallest absolute Gasteiger partial charge is 0.292 e. The SMILES string of the molecule is CCn1c(-c2ccccc2)c(-c2ccccc2)cnc1=O. The second kappa shape index (κ2) is 5.75. The van der Waals surface area contributed by atoms with E-state index < -0.39 is 0 Å². The number of rotatable bonds is 3. The van der Waals surface area contributed by atoms with Gasteiger partial charge in [-0.1, -0.05) is 60.7 Å². The predicted molar refractivity (Wildman–Crippen MR) is 85.0 cm³/mol. The van der Waals surface area contributed by atoms with Crippen LogP contribution < -0.4 is 5.69 Å². The van der Waals surface area contributed by atoms with Crippen LogP contribution in [0.1, 0.15) is 6.92 Å². The maximum Gasteiger partial charge on any atom is 0.348 e. The minimum absolute atomic E-state index is 0.212. The van der Waals surface area contributed by atoms with E-state index in [9.17, 15) is 4.79 Å². The molecule has 3 heteroatoms. The van der Waals surface area contributed by atoms with Gasteiger partial charge >= 0.3 is 5.69 Å². The van der Waals surface area contributed by atoms with E-state index in [4.69, 9.17) is 0 Å². The van der Waals surface area contributed by atoms with Crippen LogP contribution in [0.15, 0.2) is 71.7 Å². The van der Waals surface area contributed by atoms with E-state index in [1.54, 1.807) is 10.8 Å². The van der Waals surface area contributed by atoms with E-state index in [0.29, 0.717) is 6.54 Å². The molecule has 21 heavy (non-hydrogen) atoms. The number of aromatic nitrogens is 2. The topological polar surface area (TPSA) is 34.9 Å². The summed E-state index contributed by atoms with van der Waals surface area (Å²) in [6.07, 6.45) is 1.67. The number of hydrogen-bond acceptors (Lipinski definition) is 2. The zero-order chi connectivity index (χ0) is 14.7. The summed E-state index contributed by atoms with van der Waals surface area (Å²) in [6, 6.07) is 20.0. The van der Waals surface area contributed by atoms with E-state index in [0.717, 1.165) is 22.4 Å². The fourth-order valence-corrected chi connectivity index (χ4v) is 2.52. The van der Waals surface area contributed by atoms with Gasteiger partial charge in [-0.25, -0.2) is 9.78 Å². The van der Waals surface area contributed by atoms with Crippen molar-refractivity contribution in [2.24, 2.45) is 0 Å². The first kappa shape index (κ1) is 13.3. The molecule has 0 atom stereocenters. The van der Waals surface area contributed by atoms with Gasteiger partial charge in [-0.05, 0) is 18.1 Å². The van der Waals surface area contributed by atoms with Gasteiger partial charge < -0.3 is 0 Å². The van der Waals surface area contributed by atoms with Gasteiger partial charge in [-0.3, -0.25) is 4.57 Å². The Balaban J connectivity index is 2.34. The molecule has 0 amide bonds. The quantitative estimate of drug-likeness (QED) is 0.732. The molecule has 3 nitrogen and oxygen atoms in total. The fraction of sp³-hybridized carbons (Fsp3) is 0.111. The largest absolute Gasteiger partial charge is 0.348 e. The number of benzene rings is 2. The summed E-state index contributed by atoms with van der Waals surface area (Å²) in [6.45, 7) is 2.56. The molecular formula is C18H16N2O. The average molecular weight is 276 g/mol. The van der Waals surface area contributed by atoms with Crippen molar-refractivity contribution in [2.75, 3.05) is 0 Å². The highest BCUT2D eigenvalue weighted by Gasteiger charge is 2.13. The van der Waals surface area contributed by atoms with Gasteiger partial charge in [0.25, 0.3) is 0 Å². The van der Waals surface area contributed by atoms with Crippen molar-refractivity contribution < 1.29 is 0 Å². The summed E-state index contributed by atoms with van der Waals surface area (Å²) in [7, 11) is 0. The van der Waals surface area contributed by atoms with E-state index in [1.165, 1.54) is 0 Å². The molecule has 104 valence electrons. The van der Waals surface area contributed by atoms with E-state index in [2.05, 4.69) is 4.98 Å². The van der Waals surface area contributed by atoms with Crippen LogP contribution in [0, 0.1) is 0 Å². The Morgan fingerprint density at radius 3 is 2.05 bits per heavy atom. The van der Waals surface area contributed by atoms with E-state index in [1.807, 2.05) is 67.6 Å². The molecule has 0 bridgehead atoms. The molecule has 1 heterocycles. The van der Waals surface area contributed by atoms with E-state index >= 15 is 0 Å². The third-order valence-electron chi connectivity index (χ3n) is 3.51. The van der Waals surface area contributed by atoms with Gasteiger partial charge in [0.05, 0.1) is 5.69 Å². The summed E-state index contributed by atoms with van der Waals surface area (Å²) < 4.78 is 1.72. The Kier molecular flexibility index (Phi) is 3.65. The standard InChI is InChI=1S/C18H16N2O/c1-2-20-17(15-11-7-4-8-12-15)16(13-19-18(20)21)14-9-5-3-6-10-14/h3-13H,2H2,1H3. The molecule has 2 aromatic carbocycles. The molecule has 0 saturated carbocycles. The molecule has 3 rings (SSSR count). The second-order valence-corrected chi connectivity index (χ2v) is 4.78. The lowest BCUT2D eigenvalue weighted by Gasteiger charge is -2.15. The van der Waals surface area contributed by atoms with Gasteiger partial charge in [-0.2, -0.15) is 0 Å². The molecule has 0 saturated heterocycles. The molecule has 0 unspecified atom stereocenters. The maximum atomic E-state index is 12.1. The monoisotopic (exact) mass is 276 g/mol. The number of hydrogen-bond donors (Lipinski definition) is 0. The van der Waals surface area contributed by atoms with Crippen LogP contribution in [-0.4, -0.2) is 9.55 Å². The Morgan fingerprint density at radius 1 is 0.905 bits per heavy atom. The first-order chi connectivity index (χ1) is 10.3. The minimum Gasteiger partial charge on any atom is -0.292 e. The highest BCUT2D eigenvalue weighted by molar-refractivity contribution is 5.80. The number of nitrogens with zero attached hydrogens (tertiary/aromatic N) is 2. The zero-order valence-corrected chi connectivity index (χ0v) is 11.9. The van der Waals surface area contributed by atoms with Gasteiger partial charge in [0, 0.05) is 18.3 Å². The van der Waals surface area contributed by atoms with Gasteiger partial charge in [-0.15, -0.1) is 0 Å². The summed E-state index contributed by atoms with van der Waals surface area (Å²) in [4.78, 5) is 16.1. The third-order valence-corrected chi connectivity index (χ3v) is 3.51. The summed E-state index contributed by atoms with van der Waals surface area (Å²) in [5.74, 6) is 0. The molecule has 0 spiro atoms. The normalized spacial score (nSPS) is 10.5. The lowest BCUT2D eigenvalue weighted by molar-refractivity contribution is 0.709. The Bertz CT molecular complexity index is 792. The van der Waals surface area contributed by atoms with Crippen molar-refractivity contribution >= 4 is 0 Å². The van der Waals surface area contributed by atoms with Crippen molar-refractivity contribution in [1.82, 2.24) is 9.55 Å². The van der Waals surface area contributed by atoms with Crippen LogP contribution in [0.2, 0.25) is 0 Å². The van der Waals surface area contributed by atoms with Crippen molar-refractivity contribution in [1.29, 1.82) is 0 Å². The molecule has 0 aliphatic heterocycles. The average Bonchev–Trinajstić information content (AvgIpc) is 2.56. The third kappa shape index (κ3) is 2.50. The van der Waals surface area contributed by atoms with Gasteiger partial charge in [0.15, 0.2) is 0 Å². The van der Waals surface area contributed by atoms with Crippen molar-refractivity contribution in [3.63, 3.8) is 0 Å². The molecule has 0 fully saturated rings. The van der Waals surface area contributed by atoms with Crippen molar-refractivity contribution in [2.45, 2.75) is 13.5 Å². The van der Waals surface area contributed by atoms with Gasteiger partial charge in [0.1, 0.15) is 0 Å². The highest BCUT2D eigenvalue weighted by Crippen LogP contribution is 2.30. The predicted octanol–water partition coefficient (Wildman–Crippen LogP) is 3.60. The van der Waals surface area contributed by atoms with E-state index in [-0.39, 0.29) is 5.69 Å². The first-order valence-corrected chi connectivity index (χ1v) is 7.02. The van der Waals surface area contributed by atoms with Crippen LogP contribution in [0.5, 0.6) is 0 Å². The lowest BCUT2D eigenvalue weighted by Crippen LogP contribution is -2.24. The van der Waals surface area contributed by atoms with Gasteiger partial charge in [0.2, 0.25) is 0 Å². The van der Waals surface area contributed by atoms with Crippen molar-refractivity contribution in [3.05, 3.63) is 77.3 Å². The summed E-state index contributed by atoms with van der Waals surface area (Å²) in [5.41, 5.74) is 3.77. The van der Waals surface area contributed by atoms with Crippen LogP contribution >= 0.6 is 0 Å². The second-order valence-electron chi connectivity index (χ2n) is 4.78. The molecule has 0 aliphatic rings. The Labute approximate surface area is 123 Å². The fourth-order valence-electron chi connectivity index (χ4n) is 2.52. The molecule has 0 radical (unpaired) electrons. The summed E-state index contributed by atoms with van der Waals surface area (Å²) >= 11 is 0. The van der Waals surface area contributed by atoms with Crippen molar-refractivity contribution in [3.8, 4) is 22.4 Å². The lowest BCUT2D eigenvalue weighted by atomic mass is 10.0. The molecular weight excluding hydrogens is 260 g/mol. The van der Waals surface area contributed by atoms with Crippen LogP contribution in [-0.2, 0) is 6.54 Å². The zero-order valence-electron chi connectivity index (χ0n) is 11.9. The van der Waals surface area contributed by atoms with Crippen LogP contribution in [0.4, 0.5) is 0 Å². The molecule has 0 N–H and O–H groups in total. The summed E-state index contributed by atoms with van der Waals surface area (Å²) in [5, 5.41) is 0. The minimum atomic E-state index is -0.212. The first-order valence-electron chi connectivity index (χ1n) is 7.02. The van der Waals surface area contributed by atoms with Crippen LogP contribution in [0.3, 0.4) is 0 Å². The highest BCUT2D eigenvalue weighted by atomic mass is 16.1.